The average Bonchev–Trinajstić information content (AvgIpc) is 2.97. The van der Waals surface area contributed by atoms with Crippen LogP contribution in [0.15, 0.2) is 17.6 Å². The molecule has 2 aromatic rings. The second kappa shape index (κ2) is 5.66. The van der Waals surface area contributed by atoms with E-state index in [1.54, 1.807) is 0 Å². The molecule has 0 aliphatic heterocycles. The summed E-state index contributed by atoms with van der Waals surface area (Å²) in [5.74, 6) is 0.122. The summed E-state index contributed by atoms with van der Waals surface area (Å²) in [7, 11) is 0. The fraction of sp³-hybridized carbons (Fsp3) is 0.429. The van der Waals surface area contributed by atoms with E-state index in [1.165, 1.54) is 17.5 Å². The SMILES string of the molecule is N#CC1CCC(Nc2c([N+](=O)[O-])cnc3ccsc23)CC1. The minimum Gasteiger partial charge on any atom is -0.375 e. The molecule has 0 saturated heterocycles. The monoisotopic (exact) mass is 302 g/mol. The van der Waals surface area contributed by atoms with Crippen molar-refractivity contribution in [1.29, 1.82) is 5.26 Å². The van der Waals surface area contributed by atoms with Crippen LogP contribution >= 0.6 is 11.3 Å². The van der Waals surface area contributed by atoms with Crippen LogP contribution in [0.1, 0.15) is 25.7 Å². The molecule has 2 aromatic heterocycles. The predicted octanol–water partition coefficient (Wildman–Crippen LogP) is 3.70. The fourth-order valence-corrected chi connectivity index (χ4v) is 3.61. The Kier molecular flexibility index (Phi) is 3.71. The molecule has 1 aliphatic carbocycles. The zero-order valence-corrected chi connectivity index (χ0v) is 12.1. The number of rotatable bonds is 3. The average molecular weight is 302 g/mol. The highest BCUT2D eigenvalue weighted by Crippen LogP contribution is 2.37. The van der Waals surface area contributed by atoms with Crippen molar-refractivity contribution in [3.8, 4) is 6.07 Å². The molecule has 6 nitrogen and oxygen atoms in total. The van der Waals surface area contributed by atoms with Gasteiger partial charge in [-0.1, -0.05) is 0 Å². The Morgan fingerprint density at radius 2 is 2.19 bits per heavy atom. The molecule has 0 atom stereocenters. The number of pyridine rings is 1. The van der Waals surface area contributed by atoms with E-state index >= 15 is 0 Å². The van der Waals surface area contributed by atoms with Crippen LogP contribution in [-0.2, 0) is 0 Å². The summed E-state index contributed by atoms with van der Waals surface area (Å²) in [6.45, 7) is 0. The zero-order valence-electron chi connectivity index (χ0n) is 11.3. The van der Waals surface area contributed by atoms with Crippen molar-refractivity contribution in [3.05, 3.63) is 27.8 Å². The highest BCUT2D eigenvalue weighted by atomic mass is 32.1. The molecule has 3 rings (SSSR count). The Morgan fingerprint density at radius 3 is 2.86 bits per heavy atom. The van der Waals surface area contributed by atoms with Gasteiger partial charge in [-0.05, 0) is 37.1 Å². The summed E-state index contributed by atoms with van der Waals surface area (Å²) < 4.78 is 0.826. The van der Waals surface area contributed by atoms with E-state index in [2.05, 4.69) is 16.4 Å². The number of thiophene rings is 1. The first-order valence-electron chi connectivity index (χ1n) is 6.86. The molecule has 1 aliphatic rings. The Balaban J connectivity index is 1.89. The maximum absolute atomic E-state index is 11.2. The molecule has 0 bridgehead atoms. The van der Waals surface area contributed by atoms with Crippen LogP contribution in [0.4, 0.5) is 11.4 Å². The van der Waals surface area contributed by atoms with Crippen molar-refractivity contribution in [2.45, 2.75) is 31.7 Å². The summed E-state index contributed by atoms with van der Waals surface area (Å²) >= 11 is 1.46. The van der Waals surface area contributed by atoms with Gasteiger partial charge in [-0.25, -0.2) is 4.98 Å². The van der Waals surface area contributed by atoms with Gasteiger partial charge < -0.3 is 5.32 Å². The topological polar surface area (TPSA) is 91.8 Å². The molecule has 1 N–H and O–H groups in total. The van der Waals surface area contributed by atoms with Crippen molar-refractivity contribution >= 4 is 32.9 Å². The number of nitro groups is 1. The summed E-state index contributed by atoms with van der Waals surface area (Å²) in [6, 6.07) is 4.34. The number of fused-ring (bicyclic) bond motifs is 1. The Morgan fingerprint density at radius 1 is 1.43 bits per heavy atom. The van der Waals surface area contributed by atoms with Gasteiger partial charge in [0.05, 0.1) is 21.2 Å². The maximum atomic E-state index is 11.2. The van der Waals surface area contributed by atoms with Crippen LogP contribution < -0.4 is 5.32 Å². The third kappa shape index (κ3) is 2.67. The summed E-state index contributed by atoms with van der Waals surface area (Å²) in [6.07, 6.45) is 4.74. The third-order valence-corrected chi connectivity index (χ3v) is 4.83. The van der Waals surface area contributed by atoms with Crippen molar-refractivity contribution < 1.29 is 4.92 Å². The van der Waals surface area contributed by atoms with Gasteiger partial charge in [0, 0.05) is 12.0 Å². The van der Waals surface area contributed by atoms with Crippen LogP contribution in [0.2, 0.25) is 0 Å². The number of hydrogen-bond acceptors (Lipinski definition) is 6. The molecule has 7 heteroatoms. The van der Waals surface area contributed by atoms with E-state index in [9.17, 15) is 10.1 Å². The number of hydrogen-bond donors (Lipinski definition) is 1. The molecule has 108 valence electrons. The van der Waals surface area contributed by atoms with Crippen LogP contribution in [0.5, 0.6) is 0 Å². The second-order valence-electron chi connectivity index (χ2n) is 5.23. The molecule has 0 amide bonds. The van der Waals surface area contributed by atoms with Gasteiger partial charge in [0.2, 0.25) is 0 Å². The van der Waals surface area contributed by atoms with E-state index < -0.39 is 4.92 Å². The molecule has 2 heterocycles. The number of anilines is 1. The Bertz CT molecular complexity index is 713. The van der Waals surface area contributed by atoms with Crippen molar-refractivity contribution in [2.75, 3.05) is 5.32 Å². The lowest BCUT2D eigenvalue weighted by Gasteiger charge is -2.26. The fourth-order valence-electron chi connectivity index (χ4n) is 2.75. The van der Waals surface area contributed by atoms with Gasteiger partial charge in [0.25, 0.3) is 0 Å². The van der Waals surface area contributed by atoms with Crippen molar-refractivity contribution in [2.24, 2.45) is 5.92 Å². The van der Waals surface area contributed by atoms with E-state index in [4.69, 9.17) is 5.26 Å². The smallest absolute Gasteiger partial charge is 0.311 e. The first kappa shape index (κ1) is 13.8. The quantitative estimate of drug-likeness (QED) is 0.689. The molecule has 21 heavy (non-hydrogen) atoms. The van der Waals surface area contributed by atoms with Gasteiger partial charge in [-0.3, -0.25) is 10.1 Å². The summed E-state index contributed by atoms with van der Waals surface area (Å²) in [5.41, 5.74) is 1.37. The molecular formula is C14H14N4O2S. The number of aromatic nitrogens is 1. The van der Waals surface area contributed by atoms with Crippen LogP contribution in [0, 0.1) is 27.4 Å². The normalized spacial score (nSPS) is 21.9. The molecular weight excluding hydrogens is 288 g/mol. The Hall–Kier alpha value is -2.20. The summed E-state index contributed by atoms with van der Waals surface area (Å²) in [5, 5.41) is 25.4. The summed E-state index contributed by atoms with van der Waals surface area (Å²) in [4.78, 5) is 14.9. The molecule has 0 unspecified atom stereocenters. The third-order valence-electron chi connectivity index (χ3n) is 3.91. The standard InChI is InChI=1S/C14H14N4O2S/c15-7-9-1-3-10(4-2-9)17-13-12(18(19)20)8-16-11-5-6-21-14(11)13/h5-6,8-10H,1-4H2,(H,16,17). The molecule has 1 saturated carbocycles. The number of nitriles is 1. The van der Waals surface area contributed by atoms with E-state index in [0.717, 1.165) is 35.9 Å². The maximum Gasteiger partial charge on any atom is 0.311 e. The van der Waals surface area contributed by atoms with Crippen LogP contribution in [-0.4, -0.2) is 15.9 Å². The molecule has 1 fully saturated rings. The largest absolute Gasteiger partial charge is 0.375 e. The van der Waals surface area contributed by atoms with Crippen LogP contribution in [0.3, 0.4) is 0 Å². The number of nitrogens with zero attached hydrogens (tertiary/aromatic N) is 3. The lowest BCUT2D eigenvalue weighted by atomic mass is 9.87. The van der Waals surface area contributed by atoms with Crippen molar-refractivity contribution in [1.82, 2.24) is 4.98 Å². The Labute approximate surface area is 125 Å². The van der Waals surface area contributed by atoms with Gasteiger partial charge in [0.15, 0.2) is 0 Å². The van der Waals surface area contributed by atoms with Crippen LogP contribution in [0.25, 0.3) is 10.2 Å². The molecule has 0 aromatic carbocycles. The zero-order chi connectivity index (χ0) is 14.8. The lowest BCUT2D eigenvalue weighted by molar-refractivity contribution is -0.384. The van der Waals surface area contributed by atoms with E-state index in [1.807, 2.05) is 11.4 Å². The second-order valence-corrected chi connectivity index (χ2v) is 6.15. The highest BCUT2D eigenvalue weighted by Gasteiger charge is 2.25. The minimum atomic E-state index is -0.393. The van der Waals surface area contributed by atoms with Crippen molar-refractivity contribution in [3.63, 3.8) is 0 Å². The van der Waals surface area contributed by atoms with Gasteiger partial charge in [-0.2, -0.15) is 5.26 Å². The molecule has 0 radical (unpaired) electrons. The lowest BCUT2D eigenvalue weighted by Crippen LogP contribution is -2.26. The van der Waals surface area contributed by atoms with Gasteiger partial charge in [0.1, 0.15) is 11.9 Å². The first-order valence-corrected chi connectivity index (χ1v) is 7.73. The number of nitrogens with one attached hydrogen (secondary N) is 1. The minimum absolute atomic E-state index is 0.0207. The van der Waals surface area contributed by atoms with Gasteiger partial charge in [-0.15, -0.1) is 11.3 Å². The van der Waals surface area contributed by atoms with E-state index in [-0.39, 0.29) is 17.6 Å². The predicted molar refractivity (Wildman–Crippen MR) is 81.3 cm³/mol. The molecule has 0 spiro atoms. The van der Waals surface area contributed by atoms with E-state index in [0.29, 0.717) is 5.69 Å². The highest BCUT2D eigenvalue weighted by molar-refractivity contribution is 7.17. The van der Waals surface area contributed by atoms with Gasteiger partial charge >= 0.3 is 5.69 Å². The first-order chi connectivity index (χ1) is 10.2.